The third-order valence-corrected chi connectivity index (χ3v) is 3.05. The van der Waals surface area contributed by atoms with E-state index in [0.717, 1.165) is 0 Å². The Morgan fingerprint density at radius 3 is 2.54 bits per heavy atom. The molecule has 1 aromatic carbocycles. The molecule has 9 heteroatoms. The minimum atomic E-state index is -0.300. The maximum absolute atomic E-state index is 12.0. The van der Waals surface area contributed by atoms with Gasteiger partial charge in [-0.2, -0.15) is 0 Å². The summed E-state index contributed by atoms with van der Waals surface area (Å²) in [5.41, 5.74) is 0.533. The molecule has 0 aliphatic carbocycles. The molecule has 24 heavy (non-hydrogen) atoms. The number of rotatable bonds is 5. The van der Waals surface area contributed by atoms with Gasteiger partial charge in [-0.1, -0.05) is 0 Å². The first-order chi connectivity index (χ1) is 10.9. The van der Waals surface area contributed by atoms with Crippen molar-refractivity contribution in [1.82, 2.24) is 4.57 Å². The van der Waals surface area contributed by atoms with Crippen LogP contribution in [0.5, 0.6) is 11.5 Å². The highest BCUT2D eigenvalue weighted by Gasteiger charge is 2.15. The topological polar surface area (TPSA) is 96.5 Å². The Kier molecular flexibility index (Phi) is 6.60. The first kappa shape index (κ1) is 19.3. The molecule has 2 amide bonds. The Morgan fingerprint density at radius 2 is 2.00 bits per heavy atom. The number of aromatic nitrogens is 2. The van der Waals surface area contributed by atoms with Gasteiger partial charge >= 0.3 is 0 Å². The first-order valence-electron chi connectivity index (χ1n) is 6.88. The zero-order valence-corrected chi connectivity index (χ0v) is 14.3. The molecule has 2 rings (SSSR count). The molecule has 0 radical (unpaired) electrons. The summed E-state index contributed by atoms with van der Waals surface area (Å²) in [4.78, 5) is 23.2. The number of hydrogen-bond acceptors (Lipinski definition) is 4. The molecule has 2 aromatic rings. The summed E-state index contributed by atoms with van der Waals surface area (Å²) in [6.07, 6.45) is 5.34. The van der Waals surface area contributed by atoms with Crippen molar-refractivity contribution < 1.29 is 36.4 Å². The highest BCUT2D eigenvalue weighted by molar-refractivity contribution is 5.95. The molecule has 130 valence electrons. The number of halogens is 1. The van der Waals surface area contributed by atoms with Gasteiger partial charge in [0.15, 0.2) is 6.54 Å². The molecule has 0 unspecified atom stereocenters. The lowest BCUT2D eigenvalue weighted by atomic mass is 10.2. The smallest absolute Gasteiger partial charge is 0.266 e. The van der Waals surface area contributed by atoms with Gasteiger partial charge in [0.25, 0.3) is 5.91 Å². The Labute approximate surface area is 145 Å². The molecule has 1 heterocycles. The van der Waals surface area contributed by atoms with Crippen LogP contribution in [0.25, 0.3) is 0 Å². The van der Waals surface area contributed by atoms with Crippen LogP contribution in [0.4, 0.5) is 11.4 Å². The lowest BCUT2D eigenvalue weighted by Crippen LogP contribution is -3.00. The van der Waals surface area contributed by atoms with E-state index >= 15 is 0 Å². The van der Waals surface area contributed by atoms with Crippen molar-refractivity contribution in [1.29, 1.82) is 0 Å². The minimum absolute atomic E-state index is 0. The van der Waals surface area contributed by atoms with Crippen LogP contribution in [-0.4, -0.2) is 28.6 Å². The second-order valence-corrected chi connectivity index (χ2v) is 5.05. The van der Waals surface area contributed by atoms with E-state index in [2.05, 4.69) is 10.6 Å². The highest BCUT2D eigenvalue weighted by atomic mass is 35.5. The molecule has 0 bridgehead atoms. The van der Waals surface area contributed by atoms with Crippen molar-refractivity contribution in [2.45, 2.75) is 13.5 Å². The Morgan fingerprint density at radius 1 is 1.29 bits per heavy atom. The largest absolute Gasteiger partial charge is 1.00 e. The average molecular weight is 355 g/mol. The van der Waals surface area contributed by atoms with Crippen molar-refractivity contribution >= 4 is 23.2 Å². The number of nitrogens with one attached hydrogen (secondary N) is 2. The lowest BCUT2D eigenvalue weighted by Gasteiger charge is -2.13. The van der Waals surface area contributed by atoms with E-state index in [9.17, 15) is 14.7 Å². The van der Waals surface area contributed by atoms with Gasteiger partial charge < -0.3 is 32.9 Å². The second kappa shape index (κ2) is 8.21. The van der Waals surface area contributed by atoms with Crippen LogP contribution in [0.3, 0.4) is 0 Å². The first-order valence-corrected chi connectivity index (χ1v) is 6.88. The van der Waals surface area contributed by atoms with Gasteiger partial charge in [0, 0.05) is 19.1 Å². The number of aromatic hydroxyl groups is 1. The van der Waals surface area contributed by atoms with Gasteiger partial charge in [-0.05, 0) is 0 Å². The van der Waals surface area contributed by atoms with Gasteiger partial charge in [0.05, 0.1) is 25.5 Å². The molecule has 0 aliphatic rings. The second-order valence-electron chi connectivity index (χ2n) is 5.05. The molecular weight excluding hydrogens is 336 g/mol. The fourth-order valence-electron chi connectivity index (χ4n) is 2.08. The summed E-state index contributed by atoms with van der Waals surface area (Å²) in [5, 5.41) is 15.2. The average Bonchev–Trinajstić information content (AvgIpc) is 2.86. The number of imidazole rings is 1. The van der Waals surface area contributed by atoms with Crippen LogP contribution in [0.15, 0.2) is 30.9 Å². The number of methoxy groups -OCH3 is 1. The van der Waals surface area contributed by atoms with Crippen LogP contribution >= 0.6 is 0 Å². The van der Waals surface area contributed by atoms with E-state index < -0.39 is 0 Å². The molecule has 1 aromatic heterocycles. The van der Waals surface area contributed by atoms with Crippen LogP contribution in [0.2, 0.25) is 0 Å². The Balaban J connectivity index is 0.00000288. The van der Waals surface area contributed by atoms with Crippen molar-refractivity contribution in [3.05, 3.63) is 30.9 Å². The van der Waals surface area contributed by atoms with E-state index in [1.54, 1.807) is 17.1 Å². The molecule has 0 fully saturated rings. The van der Waals surface area contributed by atoms with Crippen molar-refractivity contribution in [2.75, 3.05) is 17.7 Å². The van der Waals surface area contributed by atoms with E-state index in [0.29, 0.717) is 11.4 Å². The number of aryl methyl sites for hydroxylation is 1. The van der Waals surface area contributed by atoms with Gasteiger partial charge in [0.1, 0.15) is 23.9 Å². The summed E-state index contributed by atoms with van der Waals surface area (Å²) in [6, 6.07) is 2.78. The third kappa shape index (κ3) is 4.88. The minimum Gasteiger partial charge on any atom is -1.00 e. The van der Waals surface area contributed by atoms with Crippen LogP contribution in [0.1, 0.15) is 6.92 Å². The van der Waals surface area contributed by atoms with Crippen LogP contribution in [0, 0.1) is 0 Å². The molecule has 3 N–H and O–H groups in total. The number of amides is 2. The maximum Gasteiger partial charge on any atom is 0.266 e. The van der Waals surface area contributed by atoms with Crippen LogP contribution < -0.4 is 32.3 Å². The van der Waals surface area contributed by atoms with Crippen LogP contribution in [-0.2, 0) is 23.2 Å². The normalized spacial score (nSPS) is 9.79. The molecule has 0 aliphatic heterocycles. The quantitative estimate of drug-likeness (QED) is 0.413. The number of anilines is 2. The number of carbonyl (C=O) groups is 2. The van der Waals surface area contributed by atoms with Crippen molar-refractivity contribution in [3.8, 4) is 11.5 Å². The lowest BCUT2D eigenvalue weighted by molar-refractivity contribution is -0.671. The van der Waals surface area contributed by atoms with Crippen molar-refractivity contribution in [2.24, 2.45) is 7.05 Å². The zero-order valence-electron chi connectivity index (χ0n) is 13.5. The van der Waals surface area contributed by atoms with Gasteiger partial charge in [-0.3, -0.25) is 9.59 Å². The Hall–Kier alpha value is -2.74. The summed E-state index contributed by atoms with van der Waals surface area (Å²) >= 11 is 0. The number of benzene rings is 1. The van der Waals surface area contributed by atoms with Crippen molar-refractivity contribution in [3.63, 3.8) is 0 Å². The van der Waals surface area contributed by atoms with E-state index in [-0.39, 0.29) is 42.2 Å². The predicted molar refractivity (Wildman–Crippen MR) is 83.2 cm³/mol. The number of ether oxygens (including phenoxy) is 1. The highest BCUT2D eigenvalue weighted by Crippen LogP contribution is 2.35. The van der Waals surface area contributed by atoms with Gasteiger partial charge in [-0.15, -0.1) is 0 Å². The van der Waals surface area contributed by atoms with E-state index in [1.165, 1.54) is 26.2 Å². The summed E-state index contributed by atoms with van der Waals surface area (Å²) in [7, 11) is 3.29. The maximum atomic E-state index is 12.0. The van der Waals surface area contributed by atoms with E-state index in [1.807, 2.05) is 17.8 Å². The SMILES string of the molecule is COc1cc(NC(=O)Cn2cc[n+](C)c2)c(O)cc1NC(C)=O.[Cl-]. The van der Waals surface area contributed by atoms with Gasteiger partial charge in [0.2, 0.25) is 12.2 Å². The molecular formula is C15H19ClN4O4. The standard InChI is InChI=1S/C15H18N4O4.ClH/c1-10(20)16-12-6-13(21)11(7-14(12)23-3)17-15(22)8-19-5-4-18(2)9-19;/h4-7,9H,8H2,1-3H3,(H2-,16,17,20,21,22);1H. The molecule has 0 atom stereocenters. The summed E-state index contributed by atoms with van der Waals surface area (Å²) in [6.45, 7) is 1.46. The predicted octanol–water partition coefficient (Wildman–Crippen LogP) is -2.37. The van der Waals surface area contributed by atoms with Gasteiger partial charge in [-0.25, -0.2) is 9.13 Å². The fourth-order valence-corrected chi connectivity index (χ4v) is 2.08. The monoisotopic (exact) mass is 354 g/mol. The third-order valence-electron chi connectivity index (χ3n) is 3.05. The summed E-state index contributed by atoms with van der Waals surface area (Å²) in [5.74, 6) is -0.424. The number of carbonyl (C=O) groups excluding carboxylic acids is 2. The molecule has 0 saturated carbocycles. The number of phenols is 1. The number of nitrogens with zero attached hydrogens (tertiary/aromatic N) is 2. The zero-order chi connectivity index (χ0) is 17.0. The van der Waals surface area contributed by atoms with E-state index in [4.69, 9.17) is 4.74 Å². The molecule has 8 nitrogen and oxygen atoms in total. The number of hydrogen-bond donors (Lipinski definition) is 3. The summed E-state index contributed by atoms with van der Waals surface area (Å²) < 4.78 is 8.68. The molecule has 0 spiro atoms. The fraction of sp³-hybridized carbons (Fsp3) is 0.267. The Bertz CT molecular complexity index is 745. The number of phenolic OH excluding ortho intramolecular Hbond substituents is 1. The molecule has 0 saturated heterocycles.